The number of carbonyl (C=O) groups excluding carboxylic acids is 1. The molecule has 0 radical (unpaired) electrons. The minimum Gasteiger partial charge on any atom is -0.338 e. The molecular weight excluding hydrogens is 212 g/mol. The smallest absolute Gasteiger partial charge is 0.240 e. The van der Waals surface area contributed by atoms with Gasteiger partial charge in [-0.25, -0.2) is 0 Å². The average Bonchev–Trinajstić information content (AvgIpc) is 2.27. The summed E-state index contributed by atoms with van der Waals surface area (Å²) >= 11 is 0. The standard InChI is InChI=1S/C14H26N2O/c1-5-10-16(11-6-2)13(17)12-14(3,4)8-7-9-15-12/h5,12,15H,1,6-11H2,2-4H3. The largest absolute Gasteiger partial charge is 0.338 e. The number of carbonyl (C=O) groups is 1. The van der Waals surface area contributed by atoms with Gasteiger partial charge in [0, 0.05) is 13.1 Å². The number of rotatable bonds is 5. The van der Waals surface area contributed by atoms with Gasteiger partial charge in [-0.05, 0) is 31.2 Å². The highest BCUT2D eigenvalue weighted by molar-refractivity contribution is 5.83. The highest BCUT2D eigenvalue weighted by Gasteiger charge is 2.38. The number of hydrogen-bond acceptors (Lipinski definition) is 2. The third-order valence-electron chi connectivity index (χ3n) is 3.53. The Morgan fingerprint density at radius 2 is 2.29 bits per heavy atom. The topological polar surface area (TPSA) is 32.3 Å². The van der Waals surface area contributed by atoms with Crippen molar-refractivity contribution in [2.75, 3.05) is 19.6 Å². The van der Waals surface area contributed by atoms with Crippen LogP contribution in [0.5, 0.6) is 0 Å². The summed E-state index contributed by atoms with van der Waals surface area (Å²) in [5, 5.41) is 3.38. The third-order valence-corrected chi connectivity index (χ3v) is 3.53. The van der Waals surface area contributed by atoms with Crippen LogP contribution in [0, 0.1) is 5.41 Å². The maximum absolute atomic E-state index is 12.5. The third kappa shape index (κ3) is 3.56. The Morgan fingerprint density at radius 3 is 2.82 bits per heavy atom. The molecule has 0 saturated carbocycles. The predicted octanol–water partition coefficient (Wildman–Crippen LogP) is 2.19. The molecule has 0 aromatic heterocycles. The summed E-state index contributed by atoms with van der Waals surface area (Å²) in [5.74, 6) is 0.233. The normalized spacial score (nSPS) is 23.1. The number of piperidine rings is 1. The van der Waals surface area contributed by atoms with Crippen LogP contribution in [-0.4, -0.2) is 36.5 Å². The molecule has 1 saturated heterocycles. The highest BCUT2D eigenvalue weighted by atomic mass is 16.2. The number of hydrogen-bond donors (Lipinski definition) is 1. The first-order valence-electron chi connectivity index (χ1n) is 6.66. The summed E-state index contributed by atoms with van der Waals surface area (Å²) in [6.45, 7) is 12.6. The van der Waals surface area contributed by atoms with E-state index in [2.05, 4.69) is 32.7 Å². The molecule has 1 fully saturated rings. The van der Waals surface area contributed by atoms with E-state index in [1.807, 2.05) is 11.0 Å². The van der Waals surface area contributed by atoms with E-state index in [-0.39, 0.29) is 17.4 Å². The van der Waals surface area contributed by atoms with Gasteiger partial charge in [-0.1, -0.05) is 26.8 Å². The van der Waals surface area contributed by atoms with Gasteiger partial charge in [-0.2, -0.15) is 0 Å². The zero-order chi connectivity index (χ0) is 12.9. The molecule has 1 amide bonds. The van der Waals surface area contributed by atoms with Gasteiger partial charge in [0.1, 0.15) is 0 Å². The van der Waals surface area contributed by atoms with Gasteiger partial charge < -0.3 is 10.2 Å². The summed E-state index contributed by atoms with van der Waals surface area (Å²) < 4.78 is 0. The maximum Gasteiger partial charge on any atom is 0.240 e. The fourth-order valence-electron chi connectivity index (χ4n) is 2.53. The molecule has 0 aromatic rings. The van der Waals surface area contributed by atoms with Crippen molar-refractivity contribution < 1.29 is 4.79 Å². The van der Waals surface area contributed by atoms with E-state index in [1.165, 1.54) is 0 Å². The van der Waals surface area contributed by atoms with Crippen molar-refractivity contribution in [3.8, 4) is 0 Å². The zero-order valence-corrected chi connectivity index (χ0v) is 11.5. The summed E-state index contributed by atoms with van der Waals surface area (Å²) in [7, 11) is 0. The quantitative estimate of drug-likeness (QED) is 0.745. The van der Waals surface area contributed by atoms with Crippen molar-refractivity contribution in [3.05, 3.63) is 12.7 Å². The first-order valence-corrected chi connectivity index (χ1v) is 6.66. The molecule has 0 aromatic carbocycles. The fraction of sp³-hybridized carbons (Fsp3) is 0.786. The van der Waals surface area contributed by atoms with Crippen molar-refractivity contribution in [3.63, 3.8) is 0 Å². The molecule has 1 aliphatic heterocycles. The SMILES string of the molecule is C=CCN(CCC)C(=O)C1NCCCC1(C)C. The Hall–Kier alpha value is -0.830. The van der Waals surface area contributed by atoms with Crippen molar-refractivity contribution in [2.45, 2.75) is 46.1 Å². The molecule has 1 rings (SSSR count). The molecule has 98 valence electrons. The first-order chi connectivity index (χ1) is 8.03. The molecule has 0 bridgehead atoms. The molecular formula is C14H26N2O. The molecule has 0 aliphatic carbocycles. The number of nitrogens with zero attached hydrogens (tertiary/aromatic N) is 1. The lowest BCUT2D eigenvalue weighted by Gasteiger charge is -2.40. The summed E-state index contributed by atoms with van der Waals surface area (Å²) in [6.07, 6.45) is 5.08. The Bertz CT molecular complexity index is 273. The van der Waals surface area contributed by atoms with E-state index >= 15 is 0 Å². The molecule has 1 atom stereocenters. The van der Waals surface area contributed by atoms with Gasteiger partial charge in [0.25, 0.3) is 0 Å². The van der Waals surface area contributed by atoms with Crippen molar-refractivity contribution in [1.82, 2.24) is 10.2 Å². The zero-order valence-electron chi connectivity index (χ0n) is 11.5. The van der Waals surface area contributed by atoms with Crippen LogP contribution in [0.1, 0.15) is 40.0 Å². The summed E-state index contributed by atoms with van der Waals surface area (Å²) in [4.78, 5) is 14.4. The van der Waals surface area contributed by atoms with E-state index in [9.17, 15) is 4.79 Å². The number of amides is 1. The van der Waals surface area contributed by atoms with Crippen LogP contribution >= 0.6 is 0 Å². The minimum absolute atomic E-state index is 0.0391. The predicted molar refractivity (Wildman–Crippen MR) is 71.9 cm³/mol. The van der Waals surface area contributed by atoms with Gasteiger partial charge in [0.2, 0.25) is 5.91 Å². The molecule has 3 nitrogen and oxygen atoms in total. The van der Waals surface area contributed by atoms with E-state index in [0.29, 0.717) is 6.54 Å². The molecule has 1 heterocycles. The van der Waals surface area contributed by atoms with Crippen LogP contribution in [0.15, 0.2) is 12.7 Å². The molecule has 1 N–H and O–H groups in total. The van der Waals surface area contributed by atoms with E-state index in [0.717, 1.165) is 32.4 Å². The van der Waals surface area contributed by atoms with Gasteiger partial charge >= 0.3 is 0 Å². The molecule has 3 heteroatoms. The van der Waals surface area contributed by atoms with Crippen LogP contribution in [0.3, 0.4) is 0 Å². The van der Waals surface area contributed by atoms with Crippen LogP contribution in [0.4, 0.5) is 0 Å². The van der Waals surface area contributed by atoms with Gasteiger partial charge in [-0.15, -0.1) is 6.58 Å². The van der Waals surface area contributed by atoms with Crippen molar-refractivity contribution in [2.24, 2.45) is 5.41 Å². The van der Waals surface area contributed by atoms with Crippen molar-refractivity contribution in [1.29, 1.82) is 0 Å². The molecule has 0 spiro atoms. The van der Waals surface area contributed by atoms with E-state index < -0.39 is 0 Å². The maximum atomic E-state index is 12.5. The fourth-order valence-corrected chi connectivity index (χ4v) is 2.53. The van der Waals surface area contributed by atoms with Crippen molar-refractivity contribution >= 4 is 5.91 Å². The highest BCUT2D eigenvalue weighted by Crippen LogP contribution is 2.31. The Morgan fingerprint density at radius 1 is 1.59 bits per heavy atom. The number of nitrogens with one attached hydrogen (secondary N) is 1. The van der Waals surface area contributed by atoms with Gasteiger partial charge in [0.15, 0.2) is 0 Å². The van der Waals surface area contributed by atoms with Gasteiger partial charge in [0.05, 0.1) is 6.04 Å². The average molecular weight is 238 g/mol. The second kappa shape index (κ2) is 6.20. The van der Waals surface area contributed by atoms with E-state index in [1.54, 1.807) is 0 Å². The van der Waals surface area contributed by atoms with Crippen LogP contribution < -0.4 is 5.32 Å². The molecule has 1 unspecified atom stereocenters. The summed E-state index contributed by atoms with van der Waals surface area (Å²) in [6, 6.07) is -0.0391. The molecule has 1 aliphatic rings. The first kappa shape index (κ1) is 14.2. The Labute approximate surface area is 105 Å². The Balaban J connectivity index is 2.73. The lowest BCUT2D eigenvalue weighted by atomic mass is 9.77. The second-order valence-electron chi connectivity index (χ2n) is 5.55. The lowest BCUT2D eigenvalue weighted by molar-refractivity contribution is -0.136. The van der Waals surface area contributed by atoms with Gasteiger partial charge in [-0.3, -0.25) is 4.79 Å². The monoisotopic (exact) mass is 238 g/mol. The second-order valence-corrected chi connectivity index (χ2v) is 5.55. The van der Waals surface area contributed by atoms with Crippen LogP contribution in [0.25, 0.3) is 0 Å². The van der Waals surface area contributed by atoms with Crippen LogP contribution in [0.2, 0.25) is 0 Å². The van der Waals surface area contributed by atoms with E-state index in [4.69, 9.17) is 0 Å². The van der Waals surface area contributed by atoms with Crippen LogP contribution in [-0.2, 0) is 4.79 Å². The molecule has 17 heavy (non-hydrogen) atoms. The lowest BCUT2D eigenvalue weighted by Crippen LogP contribution is -2.56. The minimum atomic E-state index is -0.0391. The summed E-state index contributed by atoms with van der Waals surface area (Å²) in [5.41, 5.74) is 0.0580. The Kier molecular flexibility index (Phi) is 5.19.